The fraction of sp³-hybridized carbons (Fsp3) is 0.103. The quantitative estimate of drug-likeness (QED) is 0.163. The second-order valence-corrected chi connectivity index (χ2v) is 9.28. The lowest BCUT2D eigenvalue weighted by atomic mass is 10.00. The predicted molar refractivity (Wildman–Crippen MR) is 146 cm³/mol. The highest BCUT2D eigenvalue weighted by atomic mass is 32.2. The van der Waals surface area contributed by atoms with Gasteiger partial charge in [0, 0.05) is 35.5 Å². The first-order valence-electron chi connectivity index (χ1n) is 11.7. The van der Waals surface area contributed by atoms with Crippen LogP contribution < -0.4 is 10.5 Å². The lowest BCUT2D eigenvalue weighted by molar-refractivity contribution is -0.131. The Morgan fingerprint density at radius 3 is 2.16 bits per heavy atom. The predicted octanol–water partition coefficient (Wildman–Crippen LogP) is 4.62. The summed E-state index contributed by atoms with van der Waals surface area (Å²) in [5, 5.41) is 7.72. The van der Waals surface area contributed by atoms with Gasteiger partial charge in [0.25, 0.3) is 0 Å². The van der Waals surface area contributed by atoms with Gasteiger partial charge in [0.1, 0.15) is 5.84 Å². The van der Waals surface area contributed by atoms with E-state index in [2.05, 4.69) is 4.72 Å². The molecule has 0 radical (unpaired) electrons. The van der Waals surface area contributed by atoms with Gasteiger partial charge in [-0.05, 0) is 34.4 Å². The third kappa shape index (κ3) is 7.13. The number of carbonyl (C=O) groups is 1. The van der Waals surface area contributed by atoms with E-state index in [1.807, 2.05) is 91.0 Å². The van der Waals surface area contributed by atoms with Crippen molar-refractivity contribution in [2.75, 3.05) is 4.72 Å². The number of anilines is 1. The SMILES string of the molecule is N=C(N)c1cccc(CN(Cc2ccccc2)C(=O)Cc2ccc(-c3ccccc3)c(NS(=O)[O-])c2)c1. The molecule has 1 unspecified atom stereocenters. The summed E-state index contributed by atoms with van der Waals surface area (Å²) in [6.07, 6.45) is 0.0917. The second-order valence-electron chi connectivity index (χ2n) is 8.61. The summed E-state index contributed by atoms with van der Waals surface area (Å²) in [4.78, 5) is 15.3. The van der Waals surface area contributed by atoms with Gasteiger partial charge in [-0.25, -0.2) is 0 Å². The van der Waals surface area contributed by atoms with E-state index in [1.165, 1.54) is 0 Å². The van der Waals surface area contributed by atoms with Crippen molar-refractivity contribution in [3.05, 3.63) is 125 Å². The normalized spacial score (nSPS) is 11.5. The lowest BCUT2D eigenvalue weighted by Gasteiger charge is -2.24. The Kier molecular flexibility index (Phi) is 8.45. The Balaban J connectivity index is 1.61. The molecule has 0 aromatic heterocycles. The van der Waals surface area contributed by atoms with Crippen LogP contribution in [-0.2, 0) is 35.6 Å². The van der Waals surface area contributed by atoms with Gasteiger partial charge in [-0.1, -0.05) is 91.0 Å². The van der Waals surface area contributed by atoms with Gasteiger partial charge in [-0.2, -0.15) is 0 Å². The molecule has 37 heavy (non-hydrogen) atoms. The number of carbonyl (C=O) groups excluding carboxylic acids is 1. The first-order valence-corrected chi connectivity index (χ1v) is 12.8. The average molecular weight is 512 g/mol. The third-order valence-electron chi connectivity index (χ3n) is 5.90. The molecule has 0 spiro atoms. The number of rotatable bonds is 10. The van der Waals surface area contributed by atoms with Crippen LogP contribution in [0.15, 0.2) is 103 Å². The molecule has 0 bridgehead atoms. The minimum absolute atomic E-state index is 0.0305. The number of benzene rings is 4. The van der Waals surface area contributed by atoms with Crippen molar-refractivity contribution in [2.24, 2.45) is 5.73 Å². The van der Waals surface area contributed by atoms with Crippen molar-refractivity contribution < 1.29 is 13.6 Å². The monoisotopic (exact) mass is 511 g/mol. The van der Waals surface area contributed by atoms with Crippen molar-refractivity contribution >= 4 is 28.7 Å². The van der Waals surface area contributed by atoms with Crippen molar-refractivity contribution in [3.63, 3.8) is 0 Å². The number of nitrogens with zero attached hydrogens (tertiary/aromatic N) is 1. The summed E-state index contributed by atoms with van der Waals surface area (Å²) < 4.78 is 25.4. The number of amides is 1. The van der Waals surface area contributed by atoms with Gasteiger partial charge in [0.05, 0.1) is 12.1 Å². The van der Waals surface area contributed by atoms with E-state index < -0.39 is 11.3 Å². The molecule has 4 rings (SSSR count). The van der Waals surface area contributed by atoms with Gasteiger partial charge in [0.2, 0.25) is 5.91 Å². The van der Waals surface area contributed by atoms with E-state index in [1.54, 1.807) is 17.0 Å². The van der Waals surface area contributed by atoms with E-state index in [9.17, 15) is 13.6 Å². The minimum Gasteiger partial charge on any atom is -0.755 e. The zero-order valence-electron chi connectivity index (χ0n) is 20.1. The summed E-state index contributed by atoms with van der Waals surface area (Å²) in [6, 6.07) is 31.8. The fourth-order valence-electron chi connectivity index (χ4n) is 4.13. The highest BCUT2D eigenvalue weighted by molar-refractivity contribution is 7.80. The minimum atomic E-state index is -2.51. The first kappa shape index (κ1) is 25.8. The molecule has 188 valence electrons. The van der Waals surface area contributed by atoms with Crippen LogP contribution in [0.4, 0.5) is 5.69 Å². The Bertz CT molecular complexity index is 1410. The zero-order chi connectivity index (χ0) is 26.2. The van der Waals surface area contributed by atoms with Gasteiger partial charge >= 0.3 is 0 Å². The number of hydrogen-bond acceptors (Lipinski definition) is 4. The van der Waals surface area contributed by atoms with Crippen molar-refractivity contribution in [3.8, 4) is 11.1 Å². The zero-order valence-corrected chi connectivity index (χ0v) is 20.9. The maximum atomic E-state index is 13.5. The van der Waals surface area contributed by atoms with Gasteiger partial charge in [-0.15, -0.1) is 0 Å². The summed E-state index contributed by atoms with van der Waals surface area (Å²) in [5.41, 5.74) is 10.8. The van der Waals surface area contributed by atoms with Crippen LogP contribution in [0.3, 0.4) is 0 Å². The Labute approximate surface area is 218 Å². The van der Waals surface area contributed by atoms with E-state index >= 15 is 0 Å². The molecule has 1 atom stereocenters. The molecule has 0 aliphatic rings. The molecule has 0 aliphatic carbocycles. The van der Waals surface area contributed by atoms with Crippen LogP contribution in [0.1, 0.15) is 22.3 Å². The van der Waals surface area contributed by atoms with Crippen molar-refractivity contribution in [2.45, 2.75) is 19.5 Å². The average Bonchev–Trinajstić information content (AvgIpc) is 2.89. The molecule has 0 aliphatic heterocycles. The maximum absolute atomic E-state index is 13.5. The summed E-state index contributed by atoms with van der Waals surface area (Å²) in [6.45, 7) is 0.744. The summed E-state index contributed by atoms with van der Waals surface area (Å²) >= 11 is -2.51. The van der Waals surface area contributed by atoms with Crippen LogP contribution in [0.25, 0.3) is 11.1 Å². The van der Waals surface area contributed by atoms with Crippen LogP contribution in [-0.4, -0.2) is 25.4 Å². The second kappa shape index (κ2) is 12.1. The Hall–Kier alpha value is -4.27. The molecule has 0 fully saturated rings. The first-order chi connectivity index (χ1) is 17.9. The Morgan fingerprint density at radius 1 is 0.838 bits per heavy atom. The highest BCUT2D eigenvalue weighted by Crippen LogP contribution is 2.30. The third-order valence-corrected chi connectivity index (χ3v) is 6.28. The molecular weight excluding hydrogens is 484 g/mol. The molecule has 0 saturated carbocycles. The molecule has 7 nitrogen and oxygen atoms in total. The van der Waals surface area contributed by atoms with E-state index in [0.717, 1.165) is 22.3 Å². The number of nitrogens with two attached hydrogens (primary N) is 1. The summed E-state index contributed by atoms with van der Waals surface area (Å²) in [5.74, 6) is -0.143. The molecular formula is C29H27N4O3S-. The molecule has 0 heterocycles. The standard InChI is InChI=1S/C29H28N4O3S/c30-29(31)25-13-7-10-23(16-25)20-33(19-21-8-3-1-4-9-21)28(34)18-22-14-15-26(24-11-5-2-6-12-24)27(17-22)32-37(35)36/h1-17,32H,18-20H2,(H3,30,31)(H,35,36)/p-1. The number of hydrogen-bond donors (Lipinski definition) is 3. The molecule has 8 heteroatoms. The van der Waals surface area contributed by atoms with Crippen LogP contribution >= 0.6 is 0 Å². The molecule has 4 aromatic carbocycles. The fourth-order valence-corrected chi connectivity index (χ4v) is 4.47. The topological polar surface area (TPSA) is 122 Å². The Morgan fingerprint density at radius 2 is 1.49 bits per heavy atom. The smallest absolute Gasteiger partial charge is 0.227 e. The molecule has 1 amide bonds. The van der Waals surface area contributed by atoms with Gasteiger partial charge < -0.3 is 19.9 Å². The number of nitrogen functional groups attached to an aromatic ring is 1. The van der Waals surface area contributed by atoms with E-state index in [-0.39, 0.29) is 18.2 Å². The van der Waals surface area contributed by atoms with Gasteiger partial charge in [0.15, 0.2) is 0 Å². The largest absolute Gasteiger partial charge is 0.755 e. The van der Waals surface area contributed by atoms with Crippen LogP contribution in [0.5, 0.6) is 0 Å². The van der Waals surface area contributed by atoms with E-state index in [4.69, 9.17) is 11.1 Å². The number of amidine groups is 1. The molecule has 4 N–H and O–H groups in total. The lowest BCUT2D eigenvalue weighted by Crippen LogP contribution is -2.31. The highest BCUT2D eigenvalue weighted by Gasteiger charge is 2.17. The van der Waals surface area contributed by atoms with Crippen LogP contribution in [0.2, 0.25) is 0 Å². The maximum Gasteiger partial charge on any atom is 0.227 e. The van der Waals surface area contributed by atoms with Crippen molar-refractivity contribution in [1.29, 1.82) is 5.41 Å². The molecule has 0 saturated heterocycles. The number of nitrogens with one attached hydrogen (secondary N) is 2. The van der Waals surface area contributed by atoms with Crippen molar-refractivity contribution in [1.82, 2.24) is 4.90 Å². The summed E-state index contributed by atoms with van der Waals surface area (Å²) in [7, 11) is 0. The van der Waals surface area contributed by atoms with E-state index in [0.29, 0.717) is 29.9 Å². The van der Waals surface area contributed by atoms with Crippen LogP contribution in [0, 0.1) is 5.41 Å². The molecule has 4 aromatic rings. The van der Waals surface area contributed by atoms with Gasteiger partial charge in [-0.3, -0.25) is 14.4 Å².